The Bertz CT molecular complexity index is 291. The van der Waals surface area contributed by atoms with Gasteiger partial charge in [0.2, 0.25) is 0 Å². The van der Waals surface area contributed by atoms with Gasteiger partial charge in [-0.2, -0.15) is 0 Å². The number of hydrogen-bond donors (Lipinski definition) is 2. The van der Waals surface area contributed by atoms with E-state index in [-0.39, 0.29) is 5.92 Å². The molecule has 0 amide bonds. The predicted molar refractivity (Wildman–Crippen MR) is 66.8 cm³/mol. The van der Waals surface area contributed by atoms with Gasteiger partial charge in [0.1, 0.15) is 5.54 Å². The van der Waals surface area contributed by atoms with Crippen LogP contribution >= 0.6 is 0 Å². The predicted octanol–water partition coefficient (Wildman–Crippen LogP) is 1.44. The molecule has 0 saturated heterocycles. The molecule has 98 valence electrons. The Morgan fingerprint density at radius 2 is 2.18 bits per heavy atom. The Balaban J connectivity index is 1.87. The molecule has 2 unspecified atom stereocenters. The summed E-state index contributed by atoms with van der Waals surface area (Å²) in [7, 11) is 0. The summed E-state index contributed by atoms with van der Waals surface area (Å²) in [6, 6.07) is 0.762. The lowest BCUT2D eigenvalue weighted by Crippen LogP contribution is -2.51. The highest BCUT2D eigenvalue weighted by Crippen LogP contribution is 2.37. The van der Waals surface area contributed by atoms with E-state index in [1.165, 1.54) is 12.8 Å². The molecule has 0 radical (unpaired) electrons. The largest absolute Gasteiger partial charge is 0.480 e. The van der Waals surface area contributed by atoms with Gasteiger partial charge in [0.15, 0.2) is 0 Å². The number of carboxylic acids is 1. The molecule has 0 aromatic heterocycles. The first-order valence-electron chi connectivity index (χ1n) is 6.84. The smallest absolute Gasteiger partial charge is 0.323 e. The number of carbonyl (C=O) groups is 1. The summed E-state index contributed by atoms with van der Waals surface area (Å²) in [6.45, 7) is 4.26. The normalized spacial score (nSPS) is 33.2. The standard InChI is InChI=1S/C13H24N2O2/c1-2-15(11-5-6-11)9-7-10-4-3-8-13(10,14)12(16)17/h10-11H,2-9,14H2,1H3,(H,16,17). The Morgan fingerprint density at radius 1 is 1.47 bits per heavy atom. The third-order valence-electron chi connectivity index (χ3n) is 4.50. The van der Waals surface area contributed by atoms with Crippen LogP contribution in [0.4, 0.5) is 0 Å². The zero-order chi connectivity index (χ0) is 12.5. The molecule has 0 aromatic carbocycles. The minimum Gasteiger partial charge on any atom is -0.480 e. The van der Waals surface area contributed by atoms with Crippen molar-refractivity contribution in [2.75, 3.05) is 13.1 Å². The van der Waals surface area contributed by atoms with Gasteiger partial charge in [0.05, 0.1) is 0 Å². The van der Waals surface area contributed by atoms with Crippen molar-refractivity contribution in [1.29, 1.82) is 0 Å². The molecule has 3 N–H and O–H groups in total. The second-order valence-electron chi connectivity index (χ2n) is 5.58. The van der Waals surface area contributed by atoms with E-state index in [0.29, 0.717) is 6.42 Å². The molecule has 2 aliphatic rings. The fraction of sp³-hybridized carbons (Fsp3) is 0.923. The number of rotatable bonds is 6. The lowest BCUT2D eigenvalue weighted by atomic mass is 9.85. The highest BCUT2D eigenvalue weighted by molar-refractivity contribution is 5.79. The molecular weight excluding hydrogens is 216 g/mol. The molecule has 17 heavy (non-hydrogen) atoms. The first-order valence-corrected chi connectivity index (χ1v) is 6.84. The molecule has 2 atom stereocenters. The average molecular weight is 240 g/mol. The Hall–Kier alpha value is -0.610. The zero-order valence-corrected chi connectivity index (χ0v) is 10.7. The van der Waals surface area contributed by atoms with Gasteiger partial charge in [-0.25, -0.2) is 0 Å². The maximum atomic E-state index is 11.3. The van der Waals surface area contributed by atoms with Crippen molar-refractivity contribution in [3.63, 3.8) is 0 Å². The summed E-state index contributed by atoms with van der Waals surface area (Å²) >= 11 is 0. The molecule has 2 saturated carbocycles. The Labute approximate surface area is 103 Å². The second-order valence-corrected chi connectivity index (χ2v) is 5.58. The lowest BCUT2D eigenvalue weighted by molar-refractivity contribution is -0.144. The van der Waals surface area contributed by atoms with Crippen molar-refractivity contribution in [1.82, 2.24) is 4.90 Å². The monoisotopic (exact) mass is 240 g/mol. The molecule has 0 aromatic rings. The van der Waals surface area contributed by atoms with Crippen LogP contribution in [0.15, 0.2) is 0 Å². The van der Waals surface area contributed by atoms with Crippen LogP contribution in [0.2, 0.25) is 0 Å². The van der Waals surface area contributed by atoms with E-state index in [9.17, 15) is 9.90 Å². The Morgan fingerprint density at radius 3 is 2.71 bits per heavy atom. The highest BCUT2D eigenvalue weighted by Gasteiger charge is 2.45. The second kappa shape index (κ2) is 4.94. The molecular formula is C13H24N2O2. The van der Waals surface area contributed by atoms with Crippen molar-refractivity contribution in [2.45, 2.75) is 57.0 Å². The summed E-state index contributed by atoms with van der Waals surface area (Å²) in [5, 5.41) is 9.25. The maximum absolute atomic E-state index is 11.3. The molecule has 0 spiro atoms. The van der Waals surface area contributed by atoms with Crippen LogP contribution in [-0.2, 0) is 4.79 Å². The van der Waals surface area contributed by atoms with Crippen LogP contribution < -0.4 is 5.73 Å². The summed E-state index contributed by atoms with van der Waals surface area (Å²) < 4.78 is 0. The third-order valence-corrected chi connectivity index (χ3v) is 4.50. The molecule has 2 fully saturated rings. The summed E-state index contributed by atoms with van der Waals surface area (Å²) in [4.78, 5) is 13.7. The summed E-state index contributed by atoms with van der Waals surface area (Å²) in [5.41, 5.74) is 5.09. The number of carboxylic acid groups (broad SMARTS) is 1. The van der Waals surface area contributed by atoms with Gasteiger partial charge in [-0.1, -0.05) is 13.3 Å². The van der Waals surface area contributed by atoms with Gasteiger partial charge in [0, 0.05) is 6.04 Å². The molecule has 4 heteroatoms. The van der Waals surface area contributed by atoms with E-state index in [4.69, 9.17) is 5.73 Å². The number of nitrogens with zero attached hydrogens (tertiary/aromatic N) is 1. The Kier molecular flexibility index (Phi) is 3.73. The molecule has 4 nitrogen and oxygen atoms in total. The highest BCUT2D eigenvalue weighted by atomic mass is 16.4. The van der Waals surface area contributed by atoms with Gasteiger partial charge < -0.3 is 15.7 Å². The fourth-order valence-electron chi connectivity index (χ4n) is 3.15. The van der Waals surface area contributed by atoms with Crippen molar-refractivity contribution in [3.8, 4) is 0 Å². The topological polar surface area (TPSA) is 66.6 Å². The number of aliphatic carboxylic acids is 1. The number of nitrogens with two attached hydrogens (primary N) is 1. The zero-order valence-electron chi connectivity index (χ0n) is 10.7. The van der Waals surface area contributed by atoms with E-state index in [1.807, 2.05) is 0 Å². The van der Waals surface area contributed by atoms with Crippen LogP contribution in [0, 0.1) is 5.92 Å². The van der Waals surface area contributed by atoms with Crippen LogP contribution in [0.25, 0.3) is 0 Å². The lowest BCUT2D eigenvalue weighted by Gasteiger charge is -2.29. The van der Waals surface area contributed by atoms with Crippen molar-refractivity contribution in [2.24, 2.45) is 11.7 Å². The fourth-order valence-corrected chi connectivity index (χ4v) is 3.15. The minimum absolute atomic E-state index is 0.160. The van der Waals surface area contributed by atoms with Crippen molar-refractivity contribution < 1.29 is 9.90 Å². The summed E-state index contributed by atoms with van der Waals surface area (Å²) in [6.07, 6.45) is 6.14. The van der Waals surface area contributed by atoms with E-state index < -0.39 is 11.5 Å². The van der Waals surface area contributed by atoms with Gasteiger partial charge >= 0.3 is 5.97 Å². The van der Waals surface area contributed by atoms with Crippen molar-refractivity contribution in [3.05, 3.63) is 0 Å². The first-order chi connectivity index (χ1) is 8.08. The van der Waals surface area contributed by atoms with Gasteiger partial charge in [-0.05, 0) is 51.1 Å². The quantitative estimate of drug-likeness (QED) is 0.737. The molecule has 2 rings (SSSR count). The molecule has 0 aliphatic heterocycles. The third kappa shape index (κ3) is 2.63. The molecule has 0 heterocycles. The van der Waals surface area contributed by atoms with Crippen molar-refractivity contribution >= 4 is 5.97 Å². The SMILES string of the molecule is CCN(CCC1CCCC1(N)C(=O)O)C1CC1. The van der Waals surface area contributed by atoms with Crippen LogP contribution in [0.1, 0.15) is 45.4 Å². The van der Waals surface area contributed by atoms with E-state index in [2.05, 4.69) is 11.8 Å². The van der Waals surface area contributed by atoms with E-state index >= 15 is 0 Å². The molecule has 2 aliphatic carbocycles. The minimum atomic E-state index is -0.955. The number of hydrogen-bond acceptors (Lipinski definition) is 3. The van der Waals surface area contributed by atoms with Crippen LogP contribution in [-0.4, -0.2) is 40.6 Å². The maximum Gasteiger partial charge on any atom is 0.323 e. The van der Waals surface area contributed by atoms with Gasteiger partial charge in [-0.15, -0.1) is 0 Å². The van der Waals surface area contributed by atoms with Gasteiger partial charge in [-0.3, -0.25) is 4.79 Å². The first kappa shape index (κ1) is 12.8. The van der Waals surface area contributed by atoms with Crippen LogP contribution in [0.5, 0.6) is 0 Å². The van der Waals surface area contributed by atoms with E-state index in [1.54, 1.807) is 0 Å². The summed E-state index contributed by atoms with van der Waals surface area (Å²) in [5.74, 6) is -0.651. The average Bonchev–Trinajstić information content (AvgIpc) is 3.05. The van der Waals surface area contributed by atoms with E-state index in [0.717, 1.165) is 38.4 Å². The van der Waals surface area contributed by atoms with Gasteiger partial charge in [0.25, 0.3) is 0 Å². The molecule has 0 bridgehead atoms. The van der Waals surface area contributed by atoms with Crippen LogP contribution in [0.3, 0.4) is 0 Å².